The largest absolute Gasteiger partial charge is 0.344 e. The van der Waals surface area contributed by atoms with Crippen molar-refractivity contribution in [1.82, 2.24) is 5.06 Å². The molecule has 0 N–H and O–H groups in total. The first kappa shape index (κ1) is 11.3. The molecule has 0 atom stereocenters. The van der Waals surface area contributed by atoms with Crippen LogP contribution in [0.25, 0.3) is 0 Å². The maximum atomic E-state index is 11.7. The second-order valence-electron chi connectivity index (χ2n) is 3.33. The zero-order valence-electron chi connectivity index (χ0n) is 9.00. The fourth-order valence-electron chi connectivity index (χ4n) is 1.37. The molecule has 6 heteroatoms. The van der Waals surface area contributed by atoms with Gasteiger partial charge in [0.1, 0.15) is 0 Å². The van der Waals surface area contributed by atoms with Gasteiger partial charge in [-0.2, -0.15) is 0 Å². The first-order valence-corrected chi connectivity index (χ1v) is 5.00. The van der Waals surface area contributed by atoms with E-state index in [4.69, 9.17) is 0 Å². The Balaban J connectivity index is 2.16. The summed E-state index contributed by atoms with van der Waals surface area (Å²) in [5.74, 6) is -1.95. The number of carbonyl (C=O) groups is 3. The van der Waals surface area contributed by atoms with E-state index < -0.39 is 17.8 Å². The molecule has 0 fully saturated rings. The SMILES string of the molecule is CCC(=O)OON1C(=O)c2ccccc2C1=O. The van der Waals surface area contributed by atoms with Gasteiger partial charge in [0.2, 0.25) is 0 Å². The molecule has 1 aliphatic rings. The Labute approximate surface area is 96.6 Å². The van der Waals surface area contributed by atoms with Crippen molar-refractivity contribution in [2.24, 2.45) is 0 Å². The third kappa shape index (κ3) is 1.90. The summed E-state index contributed by atoms with van der Waals surface area (Å²) in [4.78, 5) is 43.0. The predicted octanol–water partition coefficient (Wildman–Crippen LogP) is 1.08. The van der Waals surface area contributed by atoms with E-state index in [0.29, 0.717) is 5.06 Å². The summed E-state index contributed by atoms with van der Waals surface area (Å²) in [7, 11) is 0. The van der Waals surface area contributed by atoms with Crippen molar-refractivity contribution in [3.63, 3.8) is 0 Å². The van der Waals surface area contributed by atoms with Gasteiger partial charge in [0.25, 0.3) is 11.8 Å². The highest BCUT2D eigenvalue weighted by molar-refractivity contribution is 6.20. The molecule has 0 bridgehead atoms. The standard InChI is InChI=1S/C11H9NO5/c1-2-9(13)16-17-12-10(14)7-5-3-4-6-8(7)11(12)15/h3-6H,2H2,1H3. The third-order valence-corrected chi connectivity index (χ3v) is 2.25. The van der Waals surface area contributed by atoms with E-state index in [1.54, 1.807) is 19.1 Å². The molecular weight excluding hydrogens is 226 g/mol. The number of hydroxylamine groups is 2. The van der Waals surface area contributed by atoms with Crippen LogP contribution in [-0.2, 0) is 14.7 Å². The molecule has 6 nitrogen and oxygen atoms in total. The van der Waals surface area contributed by atoms with E-state index >= 15 is 0 Å². The molecule has 0 unspecified atom stereocenters. The lowest BCUT2D eigenvalue weighted by atomic mass is 10.1. The van der Waals surface area contributed by atoms with E-state index in [0.717, 1.165) is 0 Å². The molecule has 0 spiro atoms. The van der Waals surface area contributed by atoms with Gasteiger partial charge in [-0.05, 0) is 17.1 Å². The monoisotopic (exact) mass is 235 g/mol. The molecule has 88 valence electrons. The Morgan fingerprint density at radius 3 is 2.18 bits per heavy atom. The van der Waals surface area contributed by atoms with Crippen molar-refractivity contribution < 1.29 is 24.3 Å². The van der Waals surface area contributed by atoms with Crippen LogP contribution in [0.4, 0.5) is 0 Å². The maximum Gasteiger partial charge on any atom is 0.344 e. The number of benzene rings is 1. The number of fused-ring (bicyclic) bond motifs is 1. The van der Waals surface area contributed by atoms with Gasteiger partial charge in [-0.25, -0.2) is 4.79 Å². The fraction of sp³-hybridized carbons (Fsp3) is 0.182. The van der Waals surface area contributed by atoms with Crippen LogP contribution in [0.5, 0.6) is 0 Å². The summed E-state index contributed by atoms with van der Waals surface area (Å²) in [5.41, 5.74) is 0.454. The fourth-order valence-corrected chi connectivity index (χ4v) is 1.37. The zero-order valence-corrected chi connectivity index (χ0v) is 9.00. The summed E-state index contributed by atoms with van der Waals surface area (Å²) >= 11 is 0. The van der Waals surface area contributed by atoms with Crippen LogP contribution in [-0.4, -0.2) is 22.8 Å². The highest BCUT2D eigenvalue weighted by atomic mass is 17.3. The molecule has 0 aromatic heterocycles. The summed E-state index contributed by atoms with van der Waals surface area (Å²) in [6, 6.07) is 6.26. The smallest absolute Gasteiger partial charge is 0.274 e. The Hall–Kier alpha value is -2.21. The van der Waals surface area contributed by atoms with Crippen molar-refractivity contribution in [2.75, 3.05) is 0 Å². The van der Waals surface area contributed by atoms with Gasteiger partial charge in [0, 0.05) is 6.42 Å². The Morgan fingerprint density at radius 2 is 1.71 bits per heavy atom. The van der Waals surface area contributed by atoms with Crippen LogP contribution in [0.2, 0.25) is 0 Å². The molecule has 0 aliphatic carbocycles. The van der Waals surface area contributed by atoms with E-state index in [-0.39, 0.29) is 17.5 Å². The average Bonchev–Trinajstić information content (AvgIpc) is 2.60. The number of rotatable bonds is 3. The molecule has 0 saturated carbocycles. The minimum Gasteiger partial charge on any atom is -0.274 e. The van der Waals surface area contributed by atoms with Crippen LogP contribution in [0.1, 0.15) is 34.1 Å². The van der Waals surface area contributed by atoms with Crippen molar-refractivity contribution in [3.8, 4) is 0 Å². The van der Waals surface area contributed by atoms with Gasteiger partial charge in [-0.1, -0.05) is 19.1 Å². The molecule has 1 heterocycles. The van der Waals surface area contributed by atoms with Crippen molar-refractivity contribution in [3.05, 3.63) is 35.4 Å². The van der Waals surface area contributed by atoms with Crippen molar-refractivity contribution in [2.45, 2.75) is 13.3 Å². The number of hydrogen-bond acceptors (Lipinski definition) is 5. The van der Waals surface area contributed by atoms with Gasteiger partial charge in [-0.15, -0.1) is 5.06 Å². The Bertz CT molecular complexity index is 461. The number of hydrogen-bond donors (Lipinski definition) is 0. The predicted molar refractivity (Wildman–Crippen MR) is 54.4 cm³/mol. The maximum absolute atomic E-state index is 11.7. The number of carbonyl (C=O) groups excluding carboxylic acids is 3. The normalized spacial score (nSPS) is 13.8. The van der Waals surface area contributed by atoms with E-state index in [1.165, 1.54) is 12.1 Å². The highest BCUT2D eigenvalue weighted by Gasteiger charge is 2.38. The lowest BCUT2D eigenvalue weighted by Gasteiger charge is -2.09. The van der Waals surface area contributed by atoms with Crippen LogP contribution >= 0.6 is 0 Å². The van der Waals surface area contributed by atoms with Crippen molar-refractivity contribution in [1.29, 1.82) is 0 Å². The zero-order chi connectivity index (χ0) is 12.4. The molecule has 2 amide bonds. The van der Waals surface area contributed by atoms with Gasteiger partial charge >= 0.3 is 5.97 Å². The van der Waals surface area contributed by atoms with Gasteiger partial charge in [-0.3, -0.25) is 14.5 Å². The first-order chi connectivity index (χ1) is 8.15. The Morgan fingerprint density at radius 1 is 1.18 bits per heavy atom. The average molecular weight is 235 g/mol. The number of imide groups is 1. The third-order valence-electron chi connectivity index (χ3n) is 2.25. The van der Waals surface area contributed by atoms with Crippen LogP contribution in [0.3, 0.4) is 0 Å². The molecular formula is C11H9NO5. The van der Waals surface area contributed by atoms with E-state index in [2.05, 4.69) is 9.88 Å². The molecule has 17 heavy (non-hydrogen) atoms. The van der Waals surface area contributed by atoms with Gasteiger partial charge in [0.15, 0.2) is 0 Å². The molecule has 1 aromatic rings. The topological polar surface area (TPSA) is 72.9 Å². The second kappa shape index (κ2) is 4.34. The second-order valence-corrected chi connectivity index (χ2v) is 3.33. The molecule has 0 radical (unpaired) electrons. The summed E-state index contributed by atoms with van der Waals surface area (Å²) < 4.78 is 0. The van der Waals surface area contributed by atoms with Crippen LogP contribution in [0, 0.1) is 0 Å². The quantitative estimate of drug-likeness (QED) is 0.445. The van der Waals surface area contributed by atoms with E-state index in [1.807, 2.05) is 0 Å². The summed E-state index contributed by atoms with van der Waals surface area (Å²) in [5, 5.41) is 0.429. The molecule has 0 saturated heterocycles. The van der Waals surface area contributed by atoms with E-state index in [9.17, 15) is 14.4 Å². The lowest BCUT2D eigenvalue weighted by Crippen LogP contribution is -2.31. The van der Waals surface area contributed by atoms with Crippen LogP contribution < -0.4 is 0 Å². The first-order valence-electron chi connectivity index (χ1n) is 5.00. The molecule has 2 rings (SSSR count). The minimum atomic E-state index is -0.665. The lowest BCUT2D eigenvalue weighted by molar-refractivity contribution is -0.355. The molecule has 1 aliphatic heterocycles. The summed E-state index contributed by atoms with van der Waals surface area (Å²) in [6.07, 6.45) is 0.0865. The van der Waals surface area contributed by atoms with Gasteiger partial charge in [0.05, 0.1) is 11.1 Å². The highest BCUT2D eigenvalue weighted by Crippen LogP contribution is 2.22. The Kier molecular flexibility index (Phi) is 2.88. The molecule has 1 aromatic carbocycles. The number of amides is 2. The van der Waals surface area contributed by atoms with Crippen LogP contribution in [0.15, 0.2) is 24.3 Å². The number of nitrogens with zero attached hydrogens (tertiary/aromatic N) is 1. The van der Waals surface area contributed by atoms with Gasteiger partial charge < -0.3 is 0 Å². The minimum absolute atomic E-state index is 0.0865. The summed E-state index contributed by atoms with van der Waals surface area (Å²) in [6.45, 7) is 1.56. The van der Waals surface area contributed by atoms with Crippen molar-refractivity contribution >= 4 is 17.8 Å².